The van der Waals surface area contributed by atoms with Crippen LogP contribution in [0.5, 0.6) is 0 Å². The van der Waals surface area contributed by atoms with Crippen LogP contribution in [-0.4, -0.2) is 18.9 Å². The van der Waals surface area contributed by atoms with Gasteiger partial charge in [-0.1, -0.05) is 29.8 Å². The quantitative estimate of drug-likeness (QED) is 0.683. The van der Waals surface area contributed by atoms with Crippen molar-refractivity contribution >= 4 is 25.4 Å². The van der Waals surface area contributed by atoms with E-state index in [2.05, 4.69) is 0 Å². The fourth-order valence-corrected chi connectivity index (χ4v) is 1.20. The predicted octanol–water partition coefficient (Wildman–Crippen LogP) is 0.705. The Hall–Kier alpha value is -0.995. The summed E-state index contributed by atoms with van der Waals surface area (Å²) >= 11 is 5.73. The lowest BCUT2D eigenvalue weighted by atomic mass is 9.73. The lowest BCUT2D eigenvalue weighted by molar-refractivity contribution is -0.140. The lowest BCUT2D eigenvalue weighted by Crippen LogP contribution is -2.45. The standard InChI is InChI=1S/C8H7BClNO2/c9-8(11,7(12)13)5-3-1-2-4-6(5)10/h1-4H,11H2,(H,12,13). The van der Waals surface area contributed by atoms with E-state index in [0.29, 0.717) is 0 Å². The van der Waals surface area contributed by atoms with Gasteiger partial charge in [0.25, 0.3) is 0 Å². The van der Waals surface area contributed by atoms with Gasteiger partial charge in [-0.2, -0.15) is 0 Å². The number of carboxylic acid groups (broad SMARTS) is 1. The van der Waals surface area contributed by atoms with Crippen molar-refractivity contribution < 1.29 is 9.90 Å². The van der Waals surface area contributed by atoms with Gasteiger partial charge in [-0.05, 0) is 11.6 Å². The summed E-state index contributed by atoms with van der Waals surface area (Å²) in [5.74, 6) is -1.32. The molecule has 1 aromatic rings. The molecule has 1 rings (SSSR count). The van der Waals surface area contributed by atoms with Gasteiger partial charge in [-0.25, -0.2) is 0 Å². The predicted molar refractivity (Wildman–Crippen MR) is 50.7 cm³/mol. The van der Waals surface area contributed by atoms with Gasteiger partial charge in [0.2, 0.25) is 0 Å². The Morgan fingerprint density at radius 1 is 1.54 bits per heavy atom. The van der Waals surface area contributed by atoms with Crippen LogP contribution in [0, 0.1) is 0 Å². The summed E-state index contributed by atoms with van der Waals surface area (Å²) in [4.78, 5) is 10.7. The average Bonchev–Trinajstić information content (AvgIpc) is 2.04. The van der Waals surface area contributed by atoms with Crippen LogP contribution < -0.4 is 5.73 Å². The van der Waals surface area contributed by atoms with Crippen LogP contribution in [0.15, 0.2) is 24.3 Å². The molecule has 1 atom stereocenters. The molecular weight excluding hydrogens is 188 g/mol. The van der Waals surface area contributed by atoms with E-state index in [0.717, 1.165) is 0 Å². The van der Waals surface area contributed by atoms with Crippen molar-refractivity contribution in [2.45, 2.75) is 5.44 Å². The van der Waals surface area contributed by atoms with Crippen LogP contribution in [0.4, 0.5) is 0 Å². The third kappa shape index (κ3) is 1.84. The molecule has 66 valence electrons. The molecule has 0 saturated heterocycles. The van der Waals surface area contributed by atoms with Gasteiger partial charge in [0.1, 0.15) is 7.85 Å². The molecule has 3 nitrogen and oxygen atoms in total. The zero-order valence-electron chi connectivity index (χ0n) is 6.70. The summed E-state index contributed by atoms with van der Waals surface area (Å²) in [6.07, 6.45) is 0. The number of halogens is 1. The number of hydrogen-bond donors (Lipinski definition) is 2. The average molecular weight is 195 g/mol. The molecule has 5 heteroatoms. The van der Waals surface area contributed by atoms with E-state index >= 15 is 0 Å². The Morgan fingerprint density at radius 2 is 2.08 bits per heavy atom. The molecule has 0 aliphatic rings. The van der Waals surface area contributed by atoms with Crippen molar-refractivity contribution in [3.05, 3.63) is 34.9 Å². The van der Waals surface area contributed by atoms with E-state index < -0.39 is 11.4 Å². The van der Waals surface area contributed by atoms with Crippen molar-refractivity contribution in [1.82, 2.24) is 0 Å². The normalized spacial score (nSPS) is 14.9. The first-order valence-corrected chi connectivity index (χ1v) is 3.90. The molecule has 0 heterocycles. The van der Waals surface area contributed by atoms with Crippen LogP contribution in [0.3, 0.4) is 0 Å². The molecule has 0 saturated carbocycles. The van der Waals surface area contributed by atoms with Crippen LogP contribution in [0.25, 0.3) is 0 Å². The minimum Gasteiger partial charge on any atom is -0.480 e. The highest BCUT2D eigenvalue weighted by atomic mass is 35.5. The van der Waals surface area contributed by atoms with Crippen molar-refractivity contribution in [2.24, 2.45) is 5.73 Å². The monoisotopic (exact) mass is 195 g/mol. The first-order valence-electron chi connectivity index (χ1n) is 3.52. The van der Waals surface area contributed by atoms with E-state index in [1.165, 1.54) is 12.1 Å². The number of nitrogens with two attached hydrogens (primary N) is 1. The summed E-state index contributed by atoms with van der Waals surface area (Å²) in [6, 6.07) is 6.31. The molecule has 2 radical (unpaired) electrons. The second-order valence-electron chi connectivity index (χ2n) is 2.65. The Labute approximate surface area is 81.9 Å². The Bertz CT molecular complexity index is 341. The maximum atomic E-state index is 10.7. The van der Waals surface area contributed by atoms with Crippen molar-refractivity contribution in [3.8, 4) is 0 Å². The van der Waals surface area contributed by atoms with Crippen LogP contribution >= 0.6 is 11.6 Å². The SMILES string of the molecule is [B]C(N)(C(=O)O)c1ccccc1Cl. The molecule has 0 aliphatic heterocycles. The maximum absolute atomic E-state index is 10.7. The van der Waals surface area contributed by atoms with Gasteiger partial charge in [0.05, 0.1) is 5.44 Å². The fourth-order valence-electron chi connectivity index (χ4n) is 0.912. The molecule has 0 bridgehead atoms. The first kappa shape index (κ1) is 10.1. The van der Waals surface area contributed by atoms with Gasteiger partial charge in [-0.3, -0.25) is 4.79 Å². The summed E-state index contributed by atoms with van der Waals surface area (Å²) in [5, 5.41) is 8.96. The molecule has 13 heavy (non-hydrogen) atoms. The van der Waals surface area contributed by atoms with Gasteiger partial charge in [-0.15, -0.1) is 0 Å². The number of carbonyl (C=O) groups is 1. The number of rotatable bonds is 2. The van der Waals surface area contributed by atoms with Crippen molar-refractivity contribution in [2.75, 3.05) is 0 Å². The van der Waals surface area contributed by atoms with E-state index in [4.69, 9.17) is 30.3 Å². The summed E-state index contributed by atoms with van der Waals surface area (Å²) < 4.78 is 0. The number of benzene rings is 1. The molecule has 0 fully saturated rings. The molecule has 0 aliphatic carbocycles. The first-order chi connectivity index (χ1) is 5.96. The van der Waals surface area contributed by atoms with Crippen molar-refractivity contribution in [1.29, 1.82) is 0 Å². The third-order valence-corrected chi connectivity index (χ3v) is 2.00. The number of hydrogen-bond acceptors (Lipinski definition) is 2. The fraction of sp³-hybridized carbons (Fsp3) is 0.125. The molecule has 1 aromatic carbocycles. The summed E-state index contributed by atoms with van der Waals surface area (Å²) in [7, 11) is 5.38. The third-order valence-electron chi connectivity index (χ3n) is 1.67. The summed E-state index contributed by atoms with van der Waals surface area (Å²) in [5.41, 5.74) is 3.64. The van der Waals surface area contributed by atoms with E-state index in [1.54, 1.807) is 12.1 Å². The van der Waals surface area contributed by atoms with Crippen LogP contribution in [0.1, 0.15) is 5.56 Å². The highest BCUT2D eigenvalue weighted by molar-refractivity contribution is 6.34. The minimum atomic E-state index is -1.93. The minimum absolute atomic E-state index is 0.198. The molecule has 1 unspecified atom stereocenters. The molecule has 0 aromatic heterocycles. The zero-order chi connectivity index (χ0) is 10.1. The zero-order valence-corrected chi connectivity index (χ0v) is 7.45. The molecule has 0 spiro atoms. The van der Waals surface area contributed by atoms with Gasteiger partial charge in [0.15, 0.2) is 0 Å². The van der Waals surface area contributed by atoms with Crippen LogP contribution in [-0.2, 0) is 10.2 Å². The Kier molecular flexibility index (Phi) is 2.64. The van der Waals surface area contributed by atoms with E-state index in [-0.39, 0.29) is 10.6 Å². The van der Waals surface area contributed by atoms with Crippen LogP contribution in [0.2, 0.25) is 5.02 Å². The largest absolute Gasteiger partial charge is 0.480 e. The smallest absolute Gasteiger partial charge is 0.318 e. The van der Waals surface area contributed by atoms with E-state index in [1.807, 2.05) is 0 Å². The van der Waals surface area contributed by atoms with Gasteiger partial charge in [0, 0.05) is 5.02 Å². The second kappa shape index (κ2) is 3.40. The topological polar surface area (TPSA) is 63.3 Å². The second-order valence-corrected chi connectivity index (χ2v) is 3.06. The van der Waals surface area contributed by atoms with Gasteiger partial charge >= 0.3 is 5.97 Å². The highest BCUT2D eigenvalue weighted by Crippen LogP contribution is 2.23. The number of aliphatic carboxylic acids is 1. The number of carboxylic acids is 1. The Morgan fingerprint density at radius 3 is 2.54 bits per heavy atom. The molecule has 0 amide bonds. The van der Waals surface area contributed by atoms with Crippen molar-refractivity contribution in [3.63, 3.8) is 0 Å². The highest BCUT2D eigenvalue weighted by Gasteiger charge is 2.30. The maximum Gasteiger partial charge on any atom is 0.318 e. The summed E-state index contributed by atoms with van der Waals surface area (Å²) in [6.45, 7) is 0. The molecular formula is C8H7BClNO2. The van der Waals surface area contributed by atoms with E-state index in [9.17, 15) is 4.79 Å². The molecule has 3 N–H and O–H groups in total. The van der Waals surface area contributed by atoms with Gasteiger partial charge < -0.3 is 10.8 Å². The Balaban J connectivity index is 3.22. The lowest BCUT2D eigenvalue weighted by Gasteiger charge is -2.21.